The van der Waals surface area contributed by atoms with E-state index in [9.17, 15) is 45.6 Å². The second-order valence-electron chi connectivity index (χ2n) is 18.5. The summed E-state index contributed by atoms with van der Waals surface area (Å²) in [5.74, 6) is -3.35. The van der Waals surface area contributed by atoms with Crippen molar-refractivity contribution >= 4 is 5.97 Å². The predicted octanol–water partition coefficient (Wildman–Crippen LogP) is 3.80. The van der Waals surface area contributed by atoms with E-state index in [1.807, 2.05) is 26.8 Å². The van der Waals surface area contributed by atoms with Crippen LogP contribution in [0.2, 0.25) is 0 Å². The fraction of sp³-hybridized carbons (Fsp3) is 0.841. The van der Waals surface area contributed by atoms with Crippen LogP contribution >= 0.6 is 0 Å². The number of carboxylic acid groups (broad SMARTS) is 1. The van der Waals surface area contributed by atoms with Gasteiger partial charge in [0.2, 0.25) is 5.79 Å². The van der Waals surface area contributed by atoms with Crippen LogP contribution in [0.1, 0.15) is 125 Å². The number of aliphatic carboxylic acids is 1. The minimum atomic E-state index is -1.99. The zero-order valence-electron chi connectivity index (χ0n) is 35.2. The van der Waals surface area contributed by atoms with E-state index in [1.165, 1.54) is 6.92 Å². The van der Waals surface area contributed by atoms with E-state index in [0.29, 0.717) is 32.3 Å². The minimum Gasteiger partial charge on any atom is -0.479 e. The number of ether oxygens (including phenoxy) is 5. The number of carboxylic acids is 1. The summed E-state index contributed by atoms with van der Waals surface area (Å²) in [6.07, 6.45) is 3.20. The fourth-order valence-corrected chi connectivity index (χ4v) is 9.56. The van der Waals surface area contributed by atoms with Crippen molar-refractivity contribution in [3.05, 3.63) is 36.0 Å². The average molecular weight is 825 g/mol. The fourth-order valence-electron chi connectivity index (χ4n) is 9.56. The standard InChI is InChI=1S/C44H72O14/c1-25-21-35(57-44(23-25)36(48)16-14-32(56-44)24-42(6,53)41(51)52)26(2)9-10-30(45)11-12-31(46)13-15-34-38(50)37(49)29(5)40(55-34)33(47)22-28(4)39-27(3)17-19-43(58-39)18-7-8-20-54-43/h9-10,23,26-28,30-40,45-50,53H,5,7-8,11-22,24H2,1-4,6H3,(H,51,52)/t26-,27-,28+,30-,31+,32+,33+,34-,35+,36-,37-,38-,39+,40+,42-,43+,44-/m0/s1. The van der Waals surface area contributed by atoms with Gasteiger partial charge in [-0.05, 0) is 108 Å². The van der Waals surface area contributed by atoms with E-state index in [-0.39, 0.29) is 61.5 Å². The molecule has 5 aliphatic rings. The van der Waals surface area contributed by atoms with Crippen molar-refractivity contribution in [3.8, 4) is 0 Å². The number of hydrogen-bond acceptors (Lipinski definition) is 13. The summed E-state index contributed by atoms with van der Waals surface area (Å²) in [6.45, 7) is 13.9. The van der Waals surface area contributed by atoms with Gasteiger partial charge >= 0.3 is 5.97 Å². The Kier molecular flexibility index (Phi) is 16.2. The zero-order valence-corrected chi connectivity index (χ0v) is 35.2. The van der Waals surface area contributed by atoms with E-state index in [2.05, 4.69) is 13.5 Å². The maximum absolute atomic E-state index is 11.5. The van der Waals surface area contributed by atoms with Crippen molar-refractivity contribution in [1.82, 2.24) is 0 Å². The Morgan fingerprint density at radius 3 is 2.45 bits per heavy atom. The highest BCUT2D eigenvalue weighted by Gasteiger charge is 2.50. The van der Waals surface area contributed by atoms with E-state index < -0.39 is 84.2 Å². The highest BCUT2D eigenvalue weighted by Crippen LogP contribution is 2.44. The molecule has 0 aromatic heterocycles. The Morgan fingerprint density at radius 2 is 1.76 bits per heavy atom. The third-order valence-corrected chi connectivity index (χ3v) is 13.3. The highest BCUT2D eigenvalue weighted by molar-refractivity contribution is 5.76. The predicted molar refractivity (Wildman–Crippen MR) is 213 cm³/mol. The Labute approximate surface area is 343 Å². The molecule has 0 saturated carbocycles. The summed E-state index contributed by atoms with van der Waals surface area (Å²) >= 11 is 0. The van der Waals surface area contributed by atoms with E-state index in [0.717, 1.165) is 37.7 Å². The first kappa shape index (κ1) is 47.3. The smallest absolute Gasteiger partial charge is 0.335 e. The lowest BCUT2D eigenvalue weighted by Gasteiger charge is -2.48. The van der Waals surface area contributed by atoms with E-state index in [1.54, 1.807) is 12.2 Å². The van der Waals surface area contributed by atoms with Gasteiger partial charge in [0, 0.05) is 25.2 Å². The van der Waals surface area contributed by atoms with Crippen LogP contribution in [0.3, 0.4) is 0 Å². The molecule has 0 aromatic carbocycles. The molecule has 4 fully saturated rings. The Morgan fingerprint density at radius 1 is 1.02 bits per heavy atom. The van der Waals surface area contributed by atoms with Crippen LogP contribution in [0, 0.1) is 17.8 Å². The summed E-state index contributed by atoms with van der Waals surface area (Å²) in [5.41, 5.74) is -0.848. The molecule has 332 valence electrons. The first-order valence-corrected chi connectivity index (χ1v) is 21.7. The molecule has 8 N–H and O–H groups in total. The monoisotopic (exact) mass is 824 g/mol. The molecule has 0 aliphatic carbocycles. The van der Waals surface area contributed by atoms with Gasteiger partial charge in [-0.2, -0.15) is 0 Å². The van der Waals surface area contributed by atoms with Crippen molar-refractivity contribution in [2.45, 2.75) is 209 Å². The minimum absolute atomic E-state index is 0.0345. The maximum Gasteiger partial charge on any atom is 0.335 e. The number of aliphatic hydroxyl groups is 7. The van der Waals surface area contributed by atoms with Crippen molar-refractivity contribution in [2.75, 3.05) is 6.61 Å². The lowest BCUT2D eigenvalue weighted by atomic mass is 9.80. The lowest BCUT2D eigenvalue weighted by Crippen LogP contribution is -2.57. The van der Waals surface area contributed by atoms with Crippen LogP contribution in [-0.2, 0) is 28.5 Å². The summed E-state index contributed by atoms with van der Waals surface area (Å²) in [7, 11) is 0. The van der Waals surface area contributed by atoms with E-state index in [4.69, 9.17) is 23.7 Å². The summed E-state index contributed by atoms with van der Waals surface area (Å²) < 4.78 is 31.5. The van der Waals surface area contributed by atoms with Crippen LogP contribution in [0.4, 0.5) is 0 Å². The first-order chi connectivity index (χ1) is 27.2. The van der Waals surface area contributed by atoms with Gasteiger partial charge in [-0.1, -0.05) is 45.1 Å². The quantitative estimate of drug-likeness (QED) is 0.104. The molecule has 0 amide bonds. The zero-order chi connectivity index (χ0) is 42.6. The van der Waals surface area contributed by atoms with Gasteiger partial charge in [0.15, 0.2) is 11.4 Å². The van der Waals surface area contributed by atoms with Crippen molar-refractivity contribution in [2.24, 2.45) is 17.8 Å². The summed E-state index contributed by atoms with van der Waals surface area (Å²) in [4.78, 5) is 11.5. The van der Waals surface area contributed by atoms with Gasteiger partial charge in [0.25, 0.3) is 0 Å². The van der Waals surface area contributed by atoms with E-state index >= 15 is 0 Å². The van der Waals surface area contributed by atoms with Crippen LogP contribution in [0.15, 0.2) is 36.0 Å². The molecule has 17 atom stereocenters. The Balaban J connectivity index is 1.08. The molecule has 5 heterocycles. The molecule has 2 spiro atoms. The maximum atomic E-state index is 11.5. The topological polar surface area (TPSA) is 225 Å². The van der Waals surface area contributed by atoms with Gasteiger partial charge in [-0.15, -0.1) is 0 Å². The molecule has 4 saturated heterocycles. The Bertz CT molecular complexity index is 1430. The molecule has 14 heteroatoms. The normalized spacial score (nSPS) is 39.8. The second-order valence-corrected chi connectivity index (χ2v) is 18.5. The van der Waals surface area contributed by atoms with Crippen molar-refractivity contribution in [1.29, 1.82) is 0 Å². The van der Waals surface area contributed by atoms with Crippen LogP contribution in [0.25, 0.3) is 0 Å². The molecule has 14 nitrogen and oxygen atoms in total. The van der Waals surface area contributed by atoms with Gasteiger partial charge in [0.1, 0.15) is 24.4 Å². The molecule has 5 rings (SSSR count). The average Bonchev–Trinajstić information content (AvgIpc) is 3.17. The lowest BCUT2D eigenvalue weighted by molar-refractivity contribution is -0.320. The SMILES string of the molecule is C=C1[C@H]([C@H](O)C[C@@H](C)[C@@H]2O[C@]3(CCCCO3)CC[C@@H]2C)O[C@@H](CC[C@H](O)CC[C@@H](O)C=C[C@H](C)[C@H]2CC(C)=C[C@]3(O[C@@H](C[C@](C)(O)C(=O)O)CC[C@@H]3O)O2)[C@H](O)[C@H]1O. The van der Waals surface area contributed by atoms with Gasteiger partial charge in [-0.3, -0.25) is 0 Å². The molecular weight excluding hydrogens is 752 g/mol. The number of carbonyl (C=O) groups is 1. The van der Waals surface area contributed by atoms with Gasteiger partial charge < -0.3 is 64.5 Å². The van der Waals surface area contributed by atoms with Gasteiger partial charge in [-0.25, -0.2) is 4.79 Å². The molecule has 0 unspecified atom stereocenters. The van der Waals surface area contributed by atoms with Crippen molar-refractivity contribution in [3.63, 3.8) is 0 Å². The molecule has 5 aliphatic heterocycles. The van der Waals surface area contributed by atoms with Crippen LogP contribution < -0.4 is 0 Å². The molecular formula is C44H72O14. The molecule has 0 aromatic rings. The summed E-state index contributed by atoms with van der Waals surface area (Å²) in [5, 5.41) is 85.5. The number of rotatable bonds is 16. The molecule has 58 heavy (non-hydrogen) atoms. The van der Waals surface area contributed by atoms with Crippen LogP contribution in [0.5, 0.6) is 0 Å². The third-order valence-electron chi connectivity index (χ3n) is 13.3. The van der Waals surface area contributed by atoms with Gasteiger partial charge in [0.05, 0.1) is 49.3 Å². The number of hydrogen-bond donors (Lipinski definition) is 8. The second kappa shape index (κ2) is 19.9. The van der Waals surface area contributed by atoms with Crippen molar-refractivity contribution < 1.29 is 69.3 Å². The summed E-state index contributed by atoms with van der Waals surface area (Å²) in [6, 6.07) is 0. The largest absolute Gasteiger partial charge is 0.479 e. The highest BCUT2D eigenvalue weighted by atomic mass is 16.7. The number of aliphatic hydroxyl groups excluding tert-OH is 6. The Hall–Kier alpha value is -1.79. The molecule has 0 radical (unpaired) electrons. The first-order valence-electron chi connectivity index (χ1n) is 21.7. The third kappa shape index (κ3) is 11.6. The van der Waals surface area contributed by atoms with Crippen LogP contribution in [-0.4, -0.2) is 138 Å². The molecule has 0 bridgehead atoms.